The average molecular weight is 289 g/mol. The summed E-state index contributed by atoms with van der Waals surface area (Å²) in [4.78, 5) is 0. The molecule has 1 aromatic carbocycles. The van der Waals surface area contributed by atoms with Gasteiger partial charge in [0.15, 0.2) is 0 Å². The lowest BCUT2D eigenvalue weighted by Gasteiger charge is -2.11. The van der Waals surface area contributed by atoms with Gasteiger partial charge in [-0.05, 0) is 56.4 Å². The fourth-order valence-corrected chi connectivity index (χ4v) is 2.72. The zero-order valence-electron chi connectivity index (χ0n) is 13.3. The minimum atomic E-state index is -0.246. The first-order chi connectivity index (χ1) is 9.97. The van der Waals surface area contributed by atoms with Gasteiger partial charge in [-0.15, -0.1) is 0 Å². The summed E-state index contributed by atoms with van der Waals surface area (Å²) in [7, 11) is 0. The maximum atomic E-state index is 14.4. The fourth-order valence-electron chi connectivity index (χ4n) is 2.72. The van der Waals surface area contributed by atoms with E-state index in [4.69, 9.17) is 5.73 Å². The summed E-state index contributed by atoms with van der Waals surface area (Å²) in [6.45, 7) is 8.08. The van der Waals surface area contributed by atoms with Crippen LogP contribution in [0.5, 0.6) is 0 Å². The molecule has 4 heteroatoms. The molecule has 0 aliphatic rings. The molecule has 0 radical (unpaired) electrons. The second kappa shape index (κ2) is 6.39. The van der Waals surface area contributed by atoms with Gasteiger partial charge in [-0.2, -0.15) is 5.10 Å². The molecule has 21 heavy (non-hydrogen) atoms. The quantitative estimate of drug-likeness (QED) is 0.916. The molecule has 0 amide bonds. The van der Waals surface area contributed by atoms with Gasteiger partial charge in [-0.3, -0.25) is 0 Å². The number of benzene rings is 1. The van der Waals surface area contributed by atoms with Crippen LogP contribution in [0.3, 0.4) is 0 Å². The molecule has 3 nitrogen and oxygen atoms in total. The summed E-state index contributed by atoms with van der Waals surface area (Å²) in [5, 5.41) is 4.47. The maximum absolute atomic E-state index is 14.4. The van der Waals surface area contributed by atoms with E-state index in [0.29, 0.717) is 12.1 Å². The molecule has 1 heterocycles. The third-order valence-corrected chi connectivity index (χ3v) is 4.06. The first-order valence-corrected chi connectivity index (χ1v) is 7.57. The van der Waals surface area contributed by atoms with Gasteiger partial charge in [0.1, 0.15) is 11.5 Å². The van der Waals surface area contributed by atoms with Crippen LogP contribution in [0.2, 0.25) is 0 Å². The molecule has 0 saturated carbocycles. The predicted molar refractivity (Wildman–Crippen MR) is 84.3 cm³/mol. The molecule has 0 spiro atoms. The summed E-state index contributed by atoms with van der Waals surface area (Å²) >= 11 is 0. The number of nitrogens with zero attached hydrogens (tertiary/aromatic N) is 2. The molecule has 1 aromatic heterocycles. The predicted octanol–water partition coefficient (Wildman–Crippen LogP) is 3.47. The molecule has 1 atom stereocenters. The summed E-state index contributed by atoms with van der Waals surface area (Å²) in [6, 6.07) is 5.39. The standard InChI is InChI=1S/C17H24FN3/c1-5-14(19)9-13-7-8-17(16(18)10-13)21-12(4)15(6-2)11(3)20-21/h7-8,10,14H,5-6,9,19H2,1-4H3. The van der Waals surface area contributed by atoms with E-state index in [1.807, 2.05) is 26.8 Å². The minimum absolute atomic E-state index is 0.0793. The Morgan fingerprint density at radius 3 is 2.52 bits per heavy atom. The average Bonchev–Trinajstić information content (AvgIpc) is 2.73. The van der Waals surface area contributed by atoms with Crippen LogP contribution in [0.4, 0.5) is 4.39 Å². The molecule has 0 saturated heterocycles. The summed E-state index contributed by atoms with van der Waals surface area (Å²) in [5.74, 6) is -0.246. The van der Waals surface area contributed by atoms with E-state index < -0.39 is 0 Å². The Morgan fingerprint density at radius 2 is 2.00 bits per heavy atom. The lowest BCUT2D eigenvalue weighted by atomic mass is 10.0. The Bertz CT molecular complexity index is 631. The van der Waals surface area contributed by atoms with Crippen LogP contribution in [0.1, 0.15) is 42.8 Å². The van der Waals surface area contributed by atoms with E-state index in [0.717, 1.165) is 29.8 Å². The van der Waals surface area contributed by atoms with Crippen molar-refractivity contribution < 1.29 is 4.39 Å². The Labute approximate surface area is 126 Å². The fraction of sp³-hybridized carbons (Fsp3) is 0.471. The van der Waals surface area contributed by atoms with Gasteiger partial charge >= 0.3 is 0 Å². The molecular weight excluding hydrogens is 265 g/mol. The summed E-state index contributed by atoms with van der Waals surface area (Å²) in [5.41, 5.74) is 10.5. The van der Waals surface area contributed by atoms with Crippen molar-refractivity contribution in [1.29, 1.82) is 0 Å². The number of hydrogen-bond acceptors (Lipinski definition) is 2. The van der Waals surface area contributed by atoms with Crippen LogP contribution in [-0.4, -0.2) is 15.8 Å². The topological polar surface area (TPSA) is 43.8 Å². The normalized spacial score (nSPS) is 12.7. The van der Waals surface area contributed by atoms with Gasteiger partial charge in [0, 0.05) is 11.7 Å². The molecule has 1 unspecified atom stereocenters. The van der Waals surface area contributed by atoms with E-state index in [1.165, 1.54) is 5.56 Å². The van der Waals surface area contributed by atoms with Crippen molar-refractivity contribution in [3.63, 3.8) is 0 Å². The van der Waals surface area contributed by atoms with Gasteiger partial charge in [-0.25, -0.2) is 9.07 Å². The lowest BCUT2D eigenvalue weighted by Crippen LogP contribution is -2.21. The van der Waals surface area contributed by atoms with Gasteiger partial charge in [-0.1, -0.05) is 19.9 Å². The first-order valence-electron chi connectivity index (χ1n) is 7.57. The molecule has 2 N–H and O–H groups in total. The van der Waals surface area contributed by atoms with Crippen molar-refractivity contribution in [2.75, 3.05) is 0 Å². The van der Waals surface area contributed by atoms with Crippen molar-refractivity contribution >= 4 is 0 Å². The Hall–Kier alpha value is -1.68. The zero-order valence-corrected chi connectivity index (χ0v) is 13.3. The molecule has 0 fully saturated rings. The highest BCUT2D eigenvalue weighted by Gasteiger charge is 2.14. The summed E-state index contributed by atoms with van der Waals surface area (Å²) in [6.07, 6.45) is 2.49. The minimum Gasteiger partial charge on any atom is -0.327 e. The van der Waals surface area contributed by atoms with Gasteiger partial charge < -0.3 is 5.73 Å². The van der Waals surface area contributed by atoms with Crippen molar-refractivity contribution in [3.05, 3.63) is 46.5 Å². The van der Waals surface area contributed by atoms with Crippen molar-refractivity contribution in [3.8, 4) is 5.69 Å². The van der Waals surface area contributed by atoms with Crippen LogP contribution >= 0.6 is 0 Å². The largest absolute Gasteiger partial charge is 0.327 e. The number of halogens is 1. The molecule has 0 aliphatic heterocycles. The Morgan fingerprint density at radius 1 is 1.29 bits per heavy atom. The monoisotopic (exact) mass is 289 g/mol. The van der Waals surface area contributed by atoms with Crippen LogP contribution in [0, 0.1) is 19.7 Å². The number of nitrogens with two attached hydrogens (primary N) is 1. The lowest BCUT2D eigenvalue weighted by molar-refractivity contribution is 0.599. The first kappa shape index (κ1) is 15.7. The van der Waals surface area contributed by atoms with Crippen LogP contribution in [0.25, 0.3) is 5.69 Å². The van der Waals surface area contributed by atoms with Gasteiger partial charge in [0.2, 0.25) is 0 Å². The molecule has 0 aliphatic carbocycles. The van der Waals surface area contributed by atoms with E-state index in [1.54, 1.807) is 16.8 Å². The van der Waals surface area contributed by atoms with Gasteiger partial charge in [0.05, 0.1) is 5.69 Å². The van der Waals surface area contributed by atoms with Crippen LogP contribution < -0.4 is 5.73 Å². The van der Waals surface area contributed by atoms with Crippen molar-refractivity contribution in [1.82, 2.24) is 9.78 Å². The van der Waals surface area contributed by atoms with Crippen molar-refractivity contribution in [2.24, 2.45) is 5.73 Å². The van der Waals surface area contributed by atoms with E-state index >= 15 is 0 Å². The van der Waals surface area contributed by atoms with Crippen LogP contribution in [0.15, 0.2) is 18.2 Å². The highest BCUT2D eigenvalue weighted by atomic mass is 19.1. The van der Waals surface area contributed by atoms with E-state index in [-0.39, 0.29) is 11.9 Å². The molecular formula is C17H24FN3. The SMILES string of the molecule is CCc1c(C)nn(-c2ccc(CC(N)CC)cc2F)c1C. The second-order valence-corrected chi connectivity index (χ2v) is 5.57. The number of hydrogen-bond donors (Lipinski definition) is 1. The van der Waals surface area contributed by atoms with Gasteiger partial charge in [0.25, 0.3) is 0 Å². The number of rotatable bonds is 5. The third-order valence-electron chi connectivity index (χ3n) is 4.06. The molecule has 2 rings (SSSR count). The van der Waals surface area contributed by atoms with Crippen LogP contribution in [-0.2, 0) is 12.8 Å². The molecule has 114 valence electrons. The molecule has 2 aromatic rings. The maximum Gasteiger partial charge on any atom is 0.149 e. The smallest absolute Gasteiger partial charge is 0.149 e. The Kier molecular flexibility index (Phi) is 4.78. The number of aromatic nitrogens is 2. The van der Waals surface area contributed by atoms with Crippen molar-refractivity contribution in [2.45, 2.75) is 53.0 Å². The third kappa shape index (κ3) is 3.16. The summed E-state index contributed by atoms with van der Waals surface area (Å²) < 4.78 is 16.1. The number of aryl methyl sites for hydroxylation is 1. The highest BCUT2D eigenvalue weighted by molar-refractivity contribution is 5.40. The zero-order chi connectivity index (χ0) is 15.6. The van der Waals surface area contributed by atoms with E-state index in [2.05, 4.69) is 12.0 Å². The second-order valence-electron chi connectivity index (χ2n) is 5.57. The van der Waals surface area contributed by atoms with E-state index in [9.17, 15) is 4.39 Å². The molecule has 0 bridgehead atoms. The Balaban J connectivity index is 2.37. The highest BCUT2D eigenvalue weighted by Crippen LogP contribution is 2.21.